The maximum atomic E-state index is 5.09. The van der Waals surface area contributed by atoms with Crippen molar-refractivity contribution in [3.63, 3.8) is 0 Å². The highest BCUT2D eigenvalue weighted by atomic mass is 32.1. The summed E-state index contributed by atoms with van der Waals surface area (Å²) in [5, 5.41) is 1.04. The van der Waals surface area contributed by atoms with Crippen LogP contribution < -0.4 is 4.90 Å². The second-order valence-corrected chi connectivity index (χ2v) is 10.2. The van der Waals surface area contributed by atoms with Crippen molar-refractivity contribution in [3.8, 4) is 27.6 Å². The van der Waals surface area contributed by atoms with Crippen LogP contribution >= 0.6 is 11.3 Å². The van der Waals surface area contributed by atoms with Crippen molar-refractivity contribution in [1.29, 1.82) is 0 Å². The molecule has 0 spiro atoms. The van der Waals surface area contributed by atoms with Gasteiger partial charge in [0, 0.05) is 16.8 Å². The summed E-state index contributed by atoms with van der Waals surface area (Å²) in [4.78, 5) is 12.3. The molecule has 0 saturated heterocycles. The lowest BCUT2D eigenvalue weighted by Gasteiger charge is -2.33. The van der Waals surface area contributed by atoms with E-state index in [4.69, 9.17) is 9.97 Å². The molecule has 0 atom stereocenters. The minimum absolute atomic E-state index is 0.960. The van der Waals surface area contributed by atoms with Gasteiger partial charge in [0.2, 0.25) is 0 Å². The fourth-order valence-corrected chi connectivity index (χ4v) is 6.27. The number of thiazole rings is 1. The second-order valence-electron chi connectivity index (χ2n) is 9.14. The number of benzene rings is 5. The molecule has 0 N–H and O–H groups in total. The van der Waals surface area contributed by atoms with E-state index < -0.39 is 0 Å². The third-order valence-electron chi connectivity index (χ3n) is 6.96. The molecule has 0 fully saturated rings. The van der Waals surface area contributed by atoms with Crippen molar-refractivity contribution in [1.82, 2.24) is 14.5 Å². The van der Waals surface area contributed by atoms with Gasteiger partial charge in [-0.3, -0.25) is 4.57 Å². The van der Waals surface area contributed by atoms with Gasteiger partial charge in [-0.05, 0) is 60.7 Å². The van der Waals surface area contributed by atoms with Gasteiger partial charge in [0.15, 0.2) is 0 Å². The van der Waals surface area contributed by atoms with E-state index in [0.717, 1.165) is 61.3 Å². The number of aromatic nitrogens is 3. The molecule has 0 amide bonds. The Morgan fingerprint density at radius 1 is 0.514 bits per heavy atom. The molecule has 174 valence electrons. The highest BCUT2D eigenvalue weighted by Crippen LogP contribution is 2.48. The van der Waals surface area contributed by atoms with E-state index in [0.29, 0.717) is 0 Å². The first-order valence-electron chi connectivity index (χ1n) is 12.3. The molecule has 0 saturated carbocycles. The van der Waals surface area contributed by atoms with Crippen LogP contribution in [-0.4, -0.2) is 14.5 Å². The number of anilines is 3. The Labute approximate surface area is 217 Å². The molecule has 5 heteroatoms. The van der Waals surface area contributed by atoms with Gasteiger partial charge in [0.05, 0.1) is 38.3 Å². The number of hydrogen-bond donors (Lipinski definition) is 0. The maximum absolute atomic E-state index is 5.09. The van der Waals surface area contributed by atoms with Gasteiger partial charge in [0.1, 0.15) is 10.8 Å². The fourth-order valence-electron chi connectivity index (χ4n) is 5.30. The van der Waals surface area contributed by atoms with Crippen LogP contribution in [0.25, 0.3) is 48.9 Å². The van der Waals surface area contributed by atoms with E-state index in [1.807, 2.05) is 12.1 Å². The predicted molar refractivity (Wildman–Crippen MR) is 153 cm³/mol. The van der Waals surface area contributed by atoms with Crippen LogP contribution in [0, 0.1) is 0 Å². The minimum Gasteiger partial charge on any atom is -0.306 e. The van der Waals surface area contributed by atoms with Gasteiger partial charge in [-0.1, -0.05) is 60.7 Å². The fraction of sp³-hybridized carbons (Fsp3) is 0. The van der Waals surface area contributed by atoms with E-state index >= 15 is 0 Å². The van der Waals surface area contributed by atoms with Crippen LogP contribution in [-0.2, 0) is 0 Å². The molecular formula is C32H20N4S. The van der Waals surface area contributed by atoms with Gasteiger partial charge in [0.25, 0.3) is 0 Å². The highest BCUT2D eigenvalue weighted by molar-refractivity contribution is 7.21. The summed E-state index contributed by atoms with van der Waals surface area (Å²) in [5.41, 5.74) is 9.88. The highest BCUT2D eigenvalue weighted by Gasteiger charge is 2.29. The number of para-hydroxylation sites is 4. The molecule has 7 aromatic rings. The van der Waals surface area contributed by atoms with Gasteiger partial charge in [-0.2, -0.15) is 0 Å². The lowest BCUT2D eigenvalue weighted by molar-refractivity contribution is 1.06. The monoisotopic (exact) mass is 492 g/mol. The third kappa shape index (κ3) is 3.08. The lowest BCUT2D eigenvalue weighted by atomic mass is 10.1. The number of nitrogens with zero attached hydrogens (tertiary/aromatic N) is 4. The summed E-state index contributed by atoms with van der Waals surface area (Å²) in [6.07, 6.45) is 0. The van der Waals surface area contributed by atoms with Crippen LogP contribution in [0.2, 0.25) is 0 Å². The molecule has 0 radical (unpaired) electrons. The lowest BCUT2D eigenvalue weighted by Crippen LogP contribution is -2.18. The molecule has 37 heavy (non-hydrogen) atoms. The smallest absolute Gasteiger partial charge is 0.145 e. The van der Waals surface area contributed by atoms with E-state index in [2.05, 4.69) is 119 Å². The van der Waals surface area contributed by atoms with E-state index in [9.17, 15) is 0 Å². The molecule has 0 bridgehead atoms. The summed E-state index contributed by atoms with van der Waals surface area (Å²) in [7, 11) is 0. The summed E-state index contributed by atoms with van der Waals surface area (Å²) in [5.74, 6) is 0.960. The number of hydrogen-bond acceptors (Lipinski definition) is 4. The average molecular weight is 493 g/mol. The van der Waals surface area contributed by atoms with Gasteiger partial charge in [-0.25, -0.2) is 9.97 Å². The Hall–Kier alpha value is -4.74. The maximum Gasteiger partial charge on any atom is 0.145 e. The first-order valence-corrected chi connectivity index (χ1v) is 13.1. The Bertz CT molecular complexity index is 1900. The molecule has 3 heterocycles. The largest absolute Gasteiger partial charge is 0.306 e. The summed E-state index contributed by atoms with van der Waals surface area (Å²) in [6.45, 7) is 0. The number of imidazole rings is 1. The van der Waals surface area contributed by atoms with Crippen LogP contribution in [0.1, 0.15) is 0 Å². The zero-order valence-electron chi connectivity index (χ0n) is 19.7. The van der Waals surface area contributed by atoms with E-state index in [1.54, 1.807) is 11.3 Å². The molecule has 2 aromatic heterocycles. The summed E-state index contributed by atoms with van der Waals surface area (Å²) >= 11 is 1.73. The van der Waals surface area contributed by atoms with Crippen LogP contribution in [0.5, 0.6) is 0 Å². The average Bonchev–Trinajstić information content (AvgIpc) is 3.57. The molecule has 1 aliphatic rings. The third-order valence-corrected chi connectivity index (χ3v) is 8.04. The van der Waals surface area contributed by atoms with Crippen LogP contribution in [0.15, 0.2) is 121 Å². The van der Waals surface area contributed by atoms with E-state index in [1.165, 1.54) is 4.70 Å². The molecule has 0 aliphatic carbocycles. The molecule has 8 rings (SSSR count). The van der Waals surface area contributed by atoms with Crippen molar-refractivity contribution in [2.75, 3.05) is 4.90 Å². The molecule has 0 unspecified atom stereocenters. The molecule has 5 aromatic carbocycles. The van der Waals surface area contributed by atoms with Crippen molar-refractivity contribution in [2.24, 2.45) is 0 Å². The van der Waals surface area contributed by atoms with Crippen molar-refractivity contribution >= 4 is 49.6 Å². The normalized spacial score (nSPS) is 12.3. The van der Waals surface area contributed by atoms with Crippen LogP contribution in [0.4, 0.5) is 17.1 Å². The first kappa shape index (κ1) is 20.5. The van der Waals surface area contributed by atoms with Gasteiger partial charge >= 0.3 is 0 Å². The van der Waals surface area contributed by atoms with Gasteiger partial charge < -0.3 is 4.90 Å². The predicted octanol–water partition coefficient (Wildman–Crippen LogP) is 8.75. The SMILES string of the molecule is c1ccc(-c2nc3cccc4c3n2-c2ccccc2N4c2ccc(-c3nc4ccccc4s3)cc2)cc1. The summed E-state index contributed by atoms with van der Waals surface area (Å²) in [6, 6.07) is 42.4. The second kappa shape index (κ2) is 7.88. The standard InChI is InChI=1S/C32H20N4S/c1-2-9-21(10-3-1)31-33-25-12-8-15-28-30(25)36(31)27-14-6-5-13-26(27)35(28)23-19-17-22(18-20-23)32-34-24-11-4-7-16-29(24)37-32/h1-20H. The molecular weight excluding hydrogens is 472 g/mol. The quantitative estimate of drug-likeness (QED) is 0.247. The van der Waals surface area contributed by atoms with Crippen LogP contribution in [0.3, 0.4) is 0 Å². The summed E-state index contributed by atoms with van der Waals surface area (Å²) < 4.78 is 3.52. The Morgan fingerprint density at radius 3 is 2.05 bits per heavy atom. The minimum atomic E-state index is 0.960. The first-order chi connectivity index (χ1) is 18.3. The topological polar surface area (TPSA) is 34.0 Å². The van der Waals surface area contributed by atoms with Crippen molar-refractivity contribution in [2.45, 2.75) is 0 Å². The van der Waals surface area contributed by atoms with Crippen molar-refractivity contribution < 1.29 is 0 Å². The molecule has 4 nitrogen and oxygen atoms in total. The van der Waals surface area contributed by atoms with Gasteiger partial charge in [-0.15, -0.1) is 11.3 Å². The zero-order valence-corrected chi connectivity index (χ0v) is 20.6. The van der Waals surface area contributed by atoms with Crippen molar-refractivity contribution in [3.05, 3.63) is 121 Å². The number of fused-ring (bicyclic) bond motifs is 3. The molecule has 1 aliphatic heterocycles. The zero-order chi connectivity index (χ0) is 24.3. The Balaban J connectivity index is 1.31. The Kier molecular flexibility index (Phi) is 4.36. The van der Waals surface area contributed by atoms with E-state index in [-0.39, 0.29) is 0 Å². The Morgan fingerprint density at radius 2 is 1.22 bits per heavy atom. The number of rotatable bonds is 3.